The van der Waals surface area contributed by atoms with Gasteiger partial charge in [0.1, 0.15) is 0 Å². The van der Waals surface area contributed by atoms with E-state index in [2.05, 4.69) is 9.97 Å². The zero-order chi connectivity index (χ0) is 9.14. The molecule has 0 aliphatic rings. The molecule has 1 aromatic rings. The maximum atomic E-state index is 7.41. The molecule has 0 spiro atoms. The van der Waals surface area contributed by atoms with Crippen LogP contribution in [-0.2, 0) is 0 Å². The molecular formula is C6H9N3O2. The van der Waals surface area contributed by atoms with Gasteiger partial charge in [0.15, 0.2) is 0 Å². The summed E-state index contributed by atoms with van der Waals surface area (Å²) in [5.41, 5.74) is 5.31. The van der Waals surface area contributed by atoms with E-state index in [9.17, 15) is 0 Å². The minimum Gasteiger partial charge on any atom is -0.481 e. The maximum Gasteiger partial charge on any atom is 0.226 e. The Kier molecular flexibility index (Phi) is 1.72. The van der Waals surface area contributed by atoms with Crippen LogP contribution in [0.15, 0.2) is 6.04 Å². The first-order valence-electron chi connectivity index (χ1n) is 3.41. The van der Waals surface area contributed by atoms with Crippen LogP contribution in [0, 0.1) is 0 Å². The van der Waals surface area contributed by atoms with E-state index in [-0.39, 0.29) is 23.8 Å². The fourth-order valence-corrected chi connectivity index (χ4v) is 0.574. The van der Waals surface area contributed by atoms with E-state index in [0.717, 1.165) is 0 Å². The monoisotopic (exact) mass is 156 g/mol. The molecule has 0 aliphatic carbocycles. The lowest BCUT2D eigenvalue weighted by atomic mass is 10.6. The van der Waals surface area contributed by atoms with E-state index >= 15 is 0 Å². The van der Waals surface area contributed by atoms with Crippen LogP contribution in [0.25, 0.3) is 0 Å². The molecule has 0 aliphatic heterocycles. The van der Waals surface area contributed by atoms with Crippen molar-refractivity contribution >= 4 is 5.95 Å². The van der Waals surface area contributed by atoms with Crippen molar-refractivity contribution in [3.05, 3.63) is 6.04 Å². The molecule has 2 N–H and O–H groups in total. The standard InChI is InChI=1S/C6H9N3O2/c1-10-4-3-5(11-2)9-6(7)8-4/h3H,1-2H3,(H2,7,8,9)/i3D. The first-order chi connectivity index (χ1) is 5.69. The zero-order valence-corrected chi connectivity index (χ0v) is 6.29. The summed E-state index contributed by atoms with van der Waals surface area (Å²) < 4.78 is 17.0. The molecule has 0 unspecified atom stereocenters. The summed E-state index contributed by atoms with van der Waals surface area (Å²) >= 11 is 0. The Morgan fingerprint density at radius 1 is 1.36 bits per heavy atom. The topological polar surface area (TPSA) is 70.3 Å². The van der Waals surface area contributed by atoms with Gasteiger partial charge in [0.05, 0.1) is 21.6 Å². The Morgan fingerprint density at radius 2 is 1.82 bits per heavy atom. The summed E-state index contributed by atoms with van der Waals surface area (Å²) in [6, 6.07) is -0.00537. The van der Waals surface area contributed by atoms with Gasteiger partial charge in [-0.3, -0.25) is 0 Å². The van der Waals surface area contributed by atoms with Crippen LogP contribution in [0.2, 0.25) is 0 Å². The average molecular weight is 156 g/mol. The predicted octanol–water partition coefficient (Wildman–Crippen LogP) is 0.0760. The normalized spacial score (nSPS) is 10.5. The Bertz CT molecular complexity index is 267. The number of nitrogen functional groups attached to an aromatic ring is 1. The van der Waals surface area contributed by atoms with Gasteiger partial charge in [0, 0.05) is 0 Å². The summed E-state index contributed by atoms with van der Waals surface area (Å²) in [4.78, 5) is 7.35. The number of anilines is 1. The predicted molar refractivity (Wildman–Crippen MR) is 39.5 cm³/mol. The zero-order valence-electron chi connectivity index (χ0n) is 7.29. The number of aromatic nitrogens is 2. The van der Waals surface area contributed by atoms with Gasteiger partial charge >= 0.3 is 0 Å². The molecule has 5 nitrogen and oxygen atoms in total. The van der Waals surface area contributed by atoms with Crippen LogP contribution in [0.5, 0.6) is 11.8 Å². The fourth-order valence-electron chi connectivity index (χ4n) is 0.574. The second kappa shape index (κ2) is 3.05. The molecule has 1 heterocycles. The lowest BCUT2D eigenvalue weighted by molar-refractivity contribution is 0.373. The van der Waals surface area contributed by atoms with Gasteiger partial charge in [-0.05, 0) is 0 Å². The molecule has 0 atom stereocenters. The third kappa shape index (κ3) is 1.70. The van der Waals surface area contributed by atoms with Gasteiger partial charge in [0.25, 0.3) is 0 Å². The van der Waals surface area contributed by atoms with E-state index in [4.69, 9.17) is 16.6 Å². The molecule has 0 aromatic carbocycles. The number of nitrogens with zero attached hydrogens (tertiary/aromatic N) is 2. The second-order valence-corrected chi connectivity index (χ2v) is 1.73. The van der Waals surface area contributed by atoms with Gasteiger partial charge < -0.3 is 15.2 Å². The van der Waals surface area contributed by atoms with E-state index in [1.165, 1.54) is 14.2 Å². The first kappa shape index (κ1) is 6.21. The van der Waals surface area contributed by atoms with Crippen molar-refractivity contribution in [2.45, 2.75) is 0 Å². The first-order valence-corrected chi connectivity index (χ1v) is 2.91. The Morgan fingerprint density at radius 3 is 2.18 bits per heavy atom. The molecule has 1 aromatic heterocycles. The van der Waals surface area contributed by atoms with E-state index < -0.39 is 0 Å². The Balaban J connectivity index is 3.22. The lowest BCUT2D eigenvalue weighted by Gasteiger charge is -2.01. The van der Waals surface area contributed by atoms with Gasteiger partial charge in [-0.1, -0.05) is 0 Å². The second-order valence-electron chi connectivity index (χ2n) is 1.73. The smallest absolute Gasteiger partial charge is 0.226 e. The van der Waals surface area contributed by atoms with Crippen molar-refractivity contribution in [2.24, 2.45) is 0 Å². The van der Waals surface area contributed by atoms with Crippen molar-refractivity contribution < 1.29 is 10.8 Å². The molecule has 0 saturated carbocycles. The number of hydrogen-bond donors (Lipinski definition) is 1. The molecule has 60 valence electrons. The Labute approximate surface area is 65.6 Å². The highest BCUT2D eigenvalue weighted by Gasteiger charge is 2.00. The van der Waals surface area contributed by atoms with Crippen molar-refractivity contribution in [3.8, 4) is 11.8 Å². The molecule has 0 fully saturated rings. The van der Waals surface area contributed by atoms with Gasteiger partial charge in [-0.15, -0.1) is 0 Å². The Hall–Kier alpha value is -1.52. The minimum absolute atomic E-state index is 0.00537. The third-order valence-corrected chi connectivity index (χ3v) is 1.03. The van der Waals surface area contributed by atoms with Gasteiger partial charge in [-0.25, -0.2) is 0 Å². The molecule has 0 bridgehead atoms. The molecule has 0 radical (unpaired) electrons. The van der Waals surface area contributed by atoms with Crippen LogP contribution >= 0.6 is 0 Å². The summed E-state index contributed by atoms with van der Waals surface area (Å²) in [7, 11) is 2.80. The molecule has 0 amide bonds. The highest BCUT2D eigenvalue weighted by Crippen LogP contribution is 2.14. The van der Waals surface area contributed by atoms with Crippen molar-refractivity contribution in [1.29, 1.82) is 0 Å². The summed E-state index contributed by atoms with van der Waals surface area (Å²) in [5.74, 6) is 0.249. The number of methoxy groups -OCH3 is 2. The molecule has 1 rings (SSSR count). The number of ether oxygens (including phenoxy) is 2. The van der Waals surface area contributed by atoms with Crippen molar-refractivity contribution in [2.75, 3.05) is 20.0 Å². The van der Waals surface area contributed by atoms with Crippen LogP contribution in [0.4, 0.5) is 5.95 Å². The molecule has 5 heteroatoms. The number of hydrogen-bond acceptors (Lipinski definition) is 5. The number of nitrogens with two attached hydrogens (primary N) is 1. The molecular weight excluding hydrogens is 146 g/mol. The van der Waals surface area contributed by atoms with Crippen molar-refractivity contribution in [1.82, 2.24) is 9.97 Å². The average Bonchev–Trinajstić information content (AvgIpc) is 2.08. The SMILES string of the molecule is [2H]c1c(OC)nc(N)nc1OC. The minimum atomic E-state index is -0.00537. The summed E-state index contributed by atoms with van der Waals surface area (Å²) in [6.45, 7) is 0. The quantitative estimate of drug-likeness (QED) is 0.656. The van der Waals surface area contributed by atoms with Crippen LogP contribution in [-0.4, -0.2) is 24.2 Å². The molecule has 0 saturated heterocycles. The third-order valence-electron chi connectivity index (χ3n) is 1.03. The largest absolute Gasteiger partial charge is 0.481 e. The molecule has 11 heavy (non-hydrogen) atoms. The summed E-state index contributed by atoms with van der Waals surface area (Å²) in [6.07, 6.45) is 0. The van der Waals surface area contributed by atoms with Crippen LogP contribution < -0.4 is 15.2 Å². The van der Waals surface area contributed by atoms with E-state index in [0.29, 0.717) is 0 Å². The lowest BCUT2D eigenvalue weighted by Crippen LogP contribution is -1.99. The van der Waals surface area contributed by atoms with Gasteiger partial charge in [-0.2, -0.15) is 9.97 Å². The van der Waals surface area contributed by atoms with E-state index in [1.54, 1.807) is 0 Å². The highest BCUT2D eigenvalue weighted by atomic mass is 16.5. The van der Waals surface area contributed by atoms with Gasteiger partial charge in [0.2, 0.25) is 17.7 Å². The summed E-state index contributed by atoms with van der Waals surface area (Å²) in [5, 5.41) is 0. The number of rotatable bonds is 2. The highest BCUT2D eigenvalue weighted by molar-refractivity contribution is 5.29. The maximum absolute atomic E-state index is 7.41. The van der Waals surface area contributed by atoms with Crippen LogP contribution in [0.3, 0.4) is 0 Å². The van der Waals surface area contributed by atoms with E-state index in [1.807, 2.05) is 0 Å². The van der Waals surface area contributed by atoms with Crippen molar-refractivity contribution in [3.63, 3.8) is 0 Å². The fraction of sp³-hybridized carbons (Fsp3) is 0.333. The van der Waals surface area contributed by atoms with Crippen LogP contribution in [0.1, 0.15) is 1.37 Å².